The number of carbonyl (C=O) groups excluding carboxylic acids is 1. The molecule has 0 spiro atoms. The van der Waals surface area contributed by atoms with E-state index in [1.165, 1.54) is 12.8 Å². The lowest BCUT2D eigenvalue weighted by Gasteiger charge is -2.13. The molecule has 1 fully saturated rings. The molecule has 5 heteroatoms. The summed E-state index contributed by atoms with van der Waals surface area (Å²) in [5, 5.41) is 2.89. The topological polar surface area (TPSA) is 64.4 Å². The summed E-state index contributed by atoms with van der Waals surface area (Å²) < 4.78 is 5.92. The molecule has 3 rings (SSSR count). The first-order valence-corrected chi connectivity index (χ1v) is 8.11. The monoisotopic (exact) mass is 346 g/mol. The summed E-state index contributed by atoms with van der Waals surface area (Å²) in [4.78, 5) is 12.2. The summed E-state index contributed by atoms with van der Waals surface area (Å²) >= 11 is 0. The number of amides is 1. The van der Waals surface area contributed by atoms with E-state index in [0.29, 0.717) is 18.2 Å². The van der Waals surface area contributed by atoms with Crippen LogP contribution in [0.25, 0.3) is 0 Å². The van der Waals surface area contributed by atoms with Crippen molar-refractivity contribution in [2.45, 2.75) is 38.3 Å². The van der Waals surface area contributed by atoms with Gasteiger partial charge in [0, 0.05) is 17.8 Å². The van der Waals surface area contributed by atoms with E-state index >= 15 is 0 Å². The minimum absolute atomic E-state index is 0. The number of rotatable bonds is 5. The molecule has 4 nitrogen and oxygen atoms in total. The highest BCUT2D eigenvalue weighted by Crippen LogP contribution is 2.25. The Morgan fingerprint density at radius 3 is 2.25 bits per heavy atom. The molecule has 0 bridgehead atoms. The average Bonchev–Trinajstić information content (AvgIpc) is 3.10. The quantitative estimate of drug-likeness (QED) is 0.855. The predicted molar refractivity (Wildman–Crippen MR) is 98.9 cm³/mol. The minimum atomic E-state index is -0.127. The zero-order chi connectivity index (χ0) is 16.1. The second-order valence-corrected chi connectivity index (χ2v) is 5.90. The smallest absolute Gasteiger partial charge is 0.255 e. The number of hydrogen-bond acceptors (Lipinski definition) is 3. The van der Waals surface area contributed by atoms with E-state index in [-0.39, 0.29) is 18.3 Å². The van der Waals surface area contributed by atoms with Gasteiger partial charge in [0.2, 0.25) is 0 Å². The molecule has 1 amide bonds. The van der Waals surface area contributed by atoms with Crippen molar-refractivity contribution in [3.05, 3.63) is 59.7 Å². The van der Waals surface area contributed by atoms with Crippen molar-refractivity contribution in [2.75, 3.05) is 5.32 Å². The standard InChI is InChI=1S/C19H22N2O2.ClH/c20-13-14-5-7-15(8-6-14)19(22)21-16-9-11-18(12-10-16)23-17-3-1-2-4-17;/h5-12,17H,1-4,13,20H2,(H,21,22);1H. The van der Waals surface area contributed by atoms with Crippen LogP contribution in [0.2, 0.25) is 0 Å². The molecule has 0 heterocycles. The Hall–Kier alpha value is -2.04. The third kappa shape index (κ3) is 4.73. The van der Waals surface area contributed by atoms with Crippen LogP contribution in [-0.4, -0.2) is 12.0 Å². The molecule has 3 N–H and O–H groups in total. The van der Waals surface area contributed by atoms with Gasteiger partial charge < -0.3 is 15.8 Å². The molecule has 0 radical (unpaired) electrons. The fraction of sp³-hybridized carbons (Fsp3) is 0.316. The zero-order valence-corrected chi connectivity index (χ0v) is 14.4. The highest BCUT2D eigenvalue weighted by atomic mass is 35.5. The summed E-state index contributed by atoms with van der Waals surface area (Å²) in [6.45, 7) is 0.477. The zero-order valence-electron chi connectivity index (χ0n) is 13.5. The number of nitrogens with two attached hydrogens (primary N) is 1. The van der Waals surface area contributed by atoms with Crippen LogP contribution < -0.4 is 15.8 Å². The number of hydrogen-bond donors (Lipinski definition) is 2. The predicted octanol–water partition coefficient (Wildman–Crippen LogP) is 4.14. The molecule has 0 aliphatic heterocycles. The van der Waals surface area contributed by atoms with Crippen molar-refractivity contribution in [1.82, 2.24) is 0 Å². The maximum absolute atomic E-state index is 12.2. The van der Waals surface area contributed by atoms with Crippen molar-refractivity contribution >= 4 is 24.0 Å². The van der Waals surface area contributed by atoms with Crippen molar-refractivity contribution in [3.63, 3.8) is 0 Å². The van der Waals surface area contributed by atoms with Crippen molar-refractivity contribution in [2.24, 2.45) is 5.73 Å². The van der Waals surface area contributed by atoms with E-state index in [0.717, 1.165) is 29.8 Å². The molecule has 1 saturated carbocycles. The summed E-state index contributed by atoms with van der Waals surface area (Å²) in [6, 6.07) is 14.9. The van der Waals surface area contributed by atoms with Gasteiger partial charge in [-0.3, -0.25) is 4.79 Å². The Morgan fingerprint density at radius 2 is 1.67 bits per heavy atom. The van der Waals surface area contributed by atoms with Gasteiger partial charge >= 0.3 is 0 Å². The summed E-state index contributed by atoms with van der Waals surface area (Å²) in [7, 11) is 0. The SMILES string of the molecule is Cl.NCc1ccc(C(=O)Nc2ccc(OC3CCCC3)cc2)cc1. The van der Waals surface area contributed by atoms with Gasteiger partial charge in [0.15, 0.2) is 0 Å². The first-order chi connectivity index (χ1) is 11.2. The molecule has 0 atom stereocenters. The van der Waals surface area contributed by atoms with E-state index in [9.17, 15) is 4.79 Å². The molecular weight excluding hydrogens is 324 g/mol. The lowest BCUT2D eigenvalue weighted by molar-refractivity contribution is 0.102. The molecule has 0 unspecified atom stereocenters. The van der Waals surface area contributed by atoms with Gasteiger partial charge in [0.1, 0.15) is 5.75 Å². The van der Waals surface area contributed by atoms with Crippen LogP contribution in [0.4, 0.5) is 5.69 Å². The molecule has 128 valence electrons. The molecule has 0 aromatic heterocycles. The Kier molecular flexibility index (Phi) is 6.64. The van der Waals surface area contributed by atoms with E-state index in [1.807, 2.05) is 36.4 Å². The highest BCUT2D eigenvalue weighted by molar-refractivity contribution is 6.04. The van der Waals surface area contributed by atoms with Crippen LogP contribution in [0.1, 0.15) is 41.6 Å². The fourth-order valence-electron chi connectivity index (χ4n) is 2.81. The fourth-order valence-corrected chi connectivity index (χ4v) is 2.81. The first-order valence-electron chi connectivity index (χ1n) is 8.11. The van der Waals surface area contributed by atoms with E-state index in [1.54, 1.807) is 12.1 Å². The van der Waals surface area contributed by atoms with Gasteiger partial charge in [-0.2, -0.15) is 0 Å². The average molecular weight is 347 g/mol. The van der Waals surface area contributed by atoms with E-state index in [2.05, 4.69) is 5.32 Å². The van der Waals surface area contributed by atoms with Crippen LogP contribution >= 0.6 is 12.4 Å². The first kappa shape index (κ1) is 18.3. The van der Waals surface area contributed by atoms with Gasteiger partial charge in [-0.15, -0.1) is 12.4 Å². The lowest BCUT2D eigenvalue weighted by atomic mass is 10.1. The molecule has 0 saturated heterocycles. The third-order valence-corrected chi connectivity index (χ3v) is 4.17. The molecule has 1 aliphatic rings. The van der Waals surface area contributed by atoms with Crippen molar-refractivity contribution < 1.29 is 9.53 Å². The number of benzene rings is 2. The van der Waals surface area contributed by atoms with Gasteiger partial charge in [-0.1, -0.05) is 12.1 Å². The second kappa shape index (κ2) is 8.71. The van der Waals surface area contributed by atoms with Gasteiger partial charge in [0.25, 0.3) is 5.91 Å². The maximum Gasteiger partial charge on any atom is 0.255 e. The van der Waals surface area contributed by atoms with Crippen LogP contribution in [0, 0.1) is 0 Å². The maximum atomic E-state index is 12.2. The number of carbonyl (C=O) groups is 1. The number of nitrogens with one attached hydrogen (secondary N) is 1. The number of anilines is 1. The third-order valence-electron chi connectivity index (χ3n) is 4.17. The Balaban J connectivity index is 0.00000208. The highest BCUT2D eigenvalue weighted by Gasteiger charge is 2.16. The van der Waals surface area contributed by atoms with Gasteiger partial charge in [-0.05, 0) is 67.6 Å². The second-order valence-electron chi connectivity index (χ2n) is 5.90. The van der Waals surface area contributed by atoms with Crippen LogP contribution in [0.5, 0.6) is 5.75 Å². The van der Waals surface area contributed by atoms with Crippen LogP contribution in [0.15, 0.2) is 48.5 Å². The molecule has 2 aromatic rings. The van der Waals surface area contributed by atoms with Crippen LogP contribution in [-0.2, 0) is 6.54 Å². The molecule has 24 heavy (non-hydrogen) atoms. The van der Waals surface area contributed by atoms with E-state index < -0.39 is 0 Å². The largest absolute Gasteiger partial charge is 0.490 e. The molecular formula is C19H23ClN2O2. The number of halogens is 1. The molecule has 1 aliphatic carbocycles. The summed E-state index contributed by atoms with van der Waals surface area (Å²) in [6.07, 6.45) is 5.12. The minimum Gasteiger partial charge on any atom is -0.490 e. The lowest BCUT2D eigenvalue weighted by Crippen LogP contribution is -2.13. The number of ether oxygens (including phenoxy) is 1. The van der Waals surface area contributed by atoms with E-state index in [4.69, 9.17) is 10.5 Å². The van der Waals surface area contributed by atoms with Crippen molar-refractivity contribution in [3.8, 4) is 5.75 Å². The normalized spacial score (nSPS) is 14.0. The van der Waals surface area contributed by atoms with Crippen molar-refractivity contribution in [1.29, 1.82) is 0 Å². The Bertz CT molecular complexity index is 650. The van der Waals surface area contributed by atoms with Gasteiger partial charge in [0.05, 0.1) is 6.10 Å². The summed E-state index contributed by atoms with van der Waals surface area (Å²) in [5.74, 6) is 0.736. The van der Waals surface area contributed by atoms with Crippen LogP contribution in [0.3, 0.4) is 0 Å². The summed E-state index contributed by atoms with van der Waals surface area (Å²) in [5.41, 5.74) is 7.95. The molecule has 2 aromatic carbocycles. The Morgan fingerprint density at radius 1 is 1.04 bits per heavy atom. The Labute approximate surface area is 148 Å². The van der Waals surface area contributed by atoms with Gasteiger partial charge in [-0.25, -0.2) is 0 Å².